The molecule has 3 nitrogen and oxygen atoms in total. The minimum Gasteiger partial charge on any atom is -0.351 e. The van der Waals surface area contributed by atoms with Crippen LogP contribution in [0.4, 0.5) is 5.69 Å². The standard InChI is InChI=1S/C17H20N2O.2H2/c1-13-9-11-15(12-10-13)17(18-14(2)20)19(3)16-7-5-4-6-8-16;;/h4-12,17H,1-3H3,(H,18,20);2*1H. The normalized spacial score (nSPS) is 11.8. The van der Waals surface area contributed by atoms with E-state index in [0.717, 1.165) is 11.3 Å². The number of rotatable bonds is 4. The zero-order valence-electron chi connectivity index (χ0n) is 12.1. The Balaban J connectivity index is 0.00000220. The van der Waals surface area contributed by atoms with E-state index >= 15 is 0 Å². The molecule has 1 amide bonds. The third-order valence-corrected chi connectivity index (χ3v) is 3.28. The van der Waals surface area contributed by atoms with Crippen molar-refractivity contribution in [3.63, 3.8) is 0 Å². The Morgan fingerprint density at radius 3 is 2.25 bits per heavy atom. The molecular weight excluding hydrogens is 248 g/mol. The molecule has 0 aliphatic heterocycles. The van der Waals surface area contributed by atoms with E-state index in [0.29, 0.717) is 0 Å². The summed E-state index contributed by atoms with van der Waals surface area (Å²) in [7, 11) is 1.98. The molecule has 0 aliphatic rings. The van der Waals surface area contributed by atoms with Crippen LogP contribution in [0.3, 0.4) is 0 Å². The minimum absolute atomic E-state index is 0. The lowest BCUT2D eigenvalue weighted by atomic mass is 10.1. The Morgan fingerprint density at radius 1 is 1.10 bits per heavy atom. The number of hydrogen-bond donors (Lipinski definition) is 1. The van der Waals surface area contributed by atoms with Crippen molar-refractivity contribution < 1.29 is 7.65 Å². The van der Waals surface area contributed by atoms with Crippen LogP contribution in [0.25, 0.3) is 0 Å². The van der Waals surface area contributed by atoms with Gasteiger partial charge in [0.25, 0.3) is 0 Å². The molecule has 2 aromatic rings. The number of anilines is 1. The van der Waals surface area contributed by atoms with Crippen LogP contribution in [0, 0.1) is 6.92 Å². The molecule has 0 aromatic heterocycles. The first-order valence-electron chi connectivity index (χ1n) is 6.69. The number of amides is 1. The van der Waals surface area contributed by atoms with Crippen molar-refractivity contribution in [3.8, 4) is 0 Å². The summed E-state index contributed by atoms with van der Waals surface area (Å²) in [6, 6.07) is 18.2. The molecule has 1 atom stereocenters. The third-order valence-electron chi connectivity index (χ3n) is 3.28. The second kappa shape index (κ2) is 6.24. The average molecular weight is 272 g/mol. The highest BCUT2D eigenvalue weighted by atomic mass is 16.1. The molecule has 20 heavy (non-hydrogen) atoms. The fourth-order valence-corrected chi connectivity index (χ4v) is 2.16. The van der Waals surface area contributed by atoms with E-state index in [2.05, 4.69) is 41.4 Å². The van der Waals surface area contributed by atoms with Crippen LogP contribution in [0.2, 0.25) is 0 Å². The molecule has 0 bridgehead atoms. The molecule has 0 radical (unpaired) electrons. The van der Waals surface area contributed by atoms with Crippen LogP contribution in [-0.2, 0) is 4.79 Å². The summed E-state index contributed by atoms with van der Waals surface area (Å²) in [6.07, 6.45) is -0.171. The zero-order chi connectivity index (χ0) is 14.5. The Labute approximate surface area is 123 Å². The monoisotopic (exact) mass is 272 g/mol. The Bertz CT molecular complexity index is 573. The minimum atomic E-state index is -0.171. The fraction of sp³-hybridized carbons (Fsp3) is 0.235. The summed E-state index contributed by atoms with van der Waals surface area (Å²) in [4.78, 5) is 13.6. The number of nitrogens with one attached hydrogen (secondary N) is 1. The number of carbonyl (C=O) groups is 1. The highest BCUT2D eigenvalue weighted by Gasteiger charge is 2.18. The molecule has 0 heterocycles. The van der Waals surface area contributed by atoms with Gasteiger partial charge in [-0.25, -0.2) is 0 Å². The summed E-state index contributed by atoms with van der Waals surface area (Å²) < 4.78 is 0. The van der Waals surface area contributed by atoms with Crippen LogP contribution in [0.1, 0.15) is 27.1 Å². The second-order valence-corrected chi connectivity index (χ2v) is 4.96. The maximum atomic E-state index is 11.5. The summed E-state index contributed by atoms with van der Waals surface area (Å²) in [5, 5.41) is 3.00. The van der Waals surface area contributed by atoms with Crippen molar-refractivity contribution in [2.45, 2.75) is 20.0 Å². The number of nitrogens with zero attached hydrogens (tertiary/aromatic N) is 1. The highest BCUT2D eigenvalue weighted by Crippen LogP contribution is 2.23. The first kappa shape index (κ1) is 14.1. The zero-order valence-corrected chi connectivity index (χ0v) is 12.1. The summed E-state index contributed by atoms with van der Waals surface area (Å²) in [6.45, 7) is 3.60. The molecule has 1 unspecified atom stereocenters. The lowest BCUT2D eigenvalue weighted by Crippen LogP contribution is -2.38. The van der Waals surface area contributed by atoms with Gasteiger partial charge in [-0.05, 0) is 24.6 Å². The molecule has 2 aromatic carbocycles. The molecular formula is C17H24N2O. The van der Waals surface area contributed by atoms with Gasteiger partial charge in [-0.3, -0.25) is 4.79 Å². The van der Waals surface area contributed by atoms with Crippen molar-refractivity contribution >= 4 is 11.6 Å². The SMILES string of the molecule is CC(=O)NC(c1ccc(C)cc1)N(C)c1ccccc1.[HH].[HH]. The second-order valence-electron chi connectivity index (χ2n) is 4.96. The predicted molar refractivity (Wildman–Crippen MR) is 86.8 cm³/mol. The highest BCUT2D eigenvalue weighted by molar-refractivity contribution is 5.74. The van der Waals surface area contributed by atoms with Gasteiger partial charge in [0.15, 0.2) is 0 Å². The summed E-state index contributed by atoms with van der Waals surface area (Å²) in [5.41, 5.74) is 3.33. The van der Waals surface area contributed by atoms with E-state index in [1.165, 1.54) is 5.56 Å². The molecule has 2 rings (SSSR count). The molecule has 1 N–H and O–H groups in total. The van der Waals surface area contributed by atoms with Crippen LogP contribution in [-0.4, -0.2) is 13.0 Å². The smallest absolute Gasteiger partial charge is 0.218 e. The number of para-hydroxylation sites is 1. The fourth-order valence-electron chi connectivity index (χ4n) is 2.16. The Hall–Kier alpha value is -2.29. The predicted octanol–water partition coefficient (Wildman–Crippen LogP) is 3.76. The lowest BCUT2D eigenvalue weighted by Gasteiger charge is -2.31. The molecule has 0 saturated heterocycles. The van der Waals surface area contributed by atoms with Crippen molar-refractivity contribution in [2.24, 2.45) is 0 Å². The average Bonchev–Trinajstić information content (AvgIpc) is 2.46. The topological polar surface area (TPSA) is 32.3 Å². The van der Waals surface area contributed by atoms with Gasteiger partial charge in [0, 0.05) is 22.5 Å². The van der Waals surface area contributed by atoms with E-state index in [9.17, 15) is 4.79 Å². The maximum absolute atomic E-state index is 11.5. The van der Waals surface area contributed by atoms with Crippen molar-refractivity contribution in [3.05, 3.63) is 65.7 Å². The van der Waals surface area contributed by atoms with E-state index in [4.69, 9.17) is 0 Å². The molecule has 0 spiro atoms. The number of benzene rings is 2. The Morgan fingerprint density at radius 2 is 1.70 bits per heavy atom. The number of aryl methyl sites for hydroxylation is 1. The molecule has 108 valence electrons. The van der Waals surface area contributed by atoms with E-state index in [1.54, 1.807) is 6.92 Å². The number of carbonyl (C=O) groups excluding carboxylic acids is 1. The first-order chi connectivity index (χ1) is 9.58. The number of hydrogen-bond acceptors (Lipinski definition) is 2. The van der Waals surface area contributed by atoms with Crippen molar-refractivity contribution in [2.75, 3.05) is 11.9 Å². The van der Waals surface area contributed by atoms with Crippen LogP contribution in [0.15, 0.2) is 54.6 Å². The van der Waals surface area contributed by atoms with Crippen molar-refractivity contribution in [1.29, 1.82) is 0 Å². The quantitative estimate of drug-likeness (QED) is 0.860. The maximum Gasteiger partial charge on any atom is 0.218 e. The van der Waals surface area contributed by atoms with E-state index in [-0.39, 0.29) is 14.9 Å². The third kappa shape index (κ3) is 3.38. The molecule has 0 saturated carbocycles. The summed E-state index contributed by atoms with van der Waals surface area (Å²) in [5.74, 6) is -0.0432. The van der Waals surface area contributed by atoms with Gasteiger partial charge in [-0.15, -0.1) is 0 Å². The van der Waals surface area contributed by atoms with Gasteiger partial charge in [-0.2, -0.15) is 0 Å². The summed E-state index contributed by atoms with van der Waals surface area (Å²) >= 11 is 0. The van der Waals surface area contributed by atoms with Gasteiger partial charge in [0.05, 0.1) is 0 Å². The van der Waals surface area contributed by atoms with Gasteiger partial charge >= 0.3 is 0 Å². The van der Waals surface area contributed by atoms with Crippen LogP contribution >= 0.6 is 0 Å². The van der Waals surface area contributed by atoms with E-state index in [1.807, 2.05) is 37.4 Å². The Kier molecular flexibility index (Phi) is 4.41. The van der Waals surface area contributed by atoms with Crippen LogP contribution < -0.4 is 10.2 Å². The molecule has 0 aliphatic carbocycles. The largest absolute Gasteiger partial charge is 0.351 e. The van der Waals surface area contributed by atoms with E-state index < -0.39 is 0 Å². The molecule has 3 heteroatoms. The van der Waals surface area contributed by atoms with Crippen molar-refractivity contribution in [1.82, 2.24) is 5.32 Å². The lowest BCUT2D eigenvalue weighted by molar-refractivity contribution is -0.119. The van der Waals surface area contributed by atoms with Crippen LogP contribution in [0.5, 0.6) is 0 Å². The van der Waals surface area contributed by atoms with Gasteiger partial charge in [-0.1, -0.05) is 48.0 Å². The van der Waals surface area contributed by atoms with Gasteiger partial charge < -0.3 is 10.2 Å². The first-order valence-corrected chi connectivity index (χ1v) is 6.69. The van der Waals surface area contributed by atoms with Gasteiger partial charge in [0.2, 0.25) is 5.91 Å². The van der Waals surface area contributed by atoms with Gasteiger partial charge in [0.1, 0.15) is 6.17 Å². The molecule has 0 fully saturated rings.